The van der Waals surface area contributed by atoms with Crippen molar-refractivity contribution in [1.29, 1.82) is 0 Å². The quantitative estimate of drug-likeness (QED) is 0.827. The fourth-order valence-electron chi connectivity index (χ4n) is 6.48. The van der Waals surface area contributed by atoms with Gasteiger partial charge in [-0.05, 0) is 73.2 Å². The highest BCUT2D eigenvalue weighted by Crippen LogP contribution is 2.58. The van der Waals surface area contributed by atoms with E-state index in [4.69, 9.17) is 4.74 Å². The summed E-state index contributed by atoms with van der Waals surface area (Å²) >= 11 is 0. The molecule has 5 rings (SSSR count). The van der Waals surface area contributed by atoms with Gasteiger partial charge in [0.2, 0.25) is 0 Å². The van der Waals surface area contributed by atoms with Gasteiger partial charge in [-0.3, -0.25) is 9.69 Å². The van der Waals surface area contributed by atoms with Crippen molar-refractivity contribution in [1.82, 2.24) is 4.90 Å². The first-order chi connectivity index (χ1) is 12.5. The standard InChI is InChI=1S/C23H31NO2/c1-14-15(2)22-20-10-17-6-7-18(26-3)11-19(17)23(22,12-21(14)25)8-9-24(20)13-16-4-5-16/h6-7,11,14-16,20,22H,4-5,8-10,12-13H2,1-3H3/t14-,15-,20?,22-,23?/m0/s1. The number of ketones is 1. The number of hydrogen-bond donors (Lipinski definition) is 0. The van der Waals surface area contributed by atoms with Crippen molar-refractivity contribution < 1.29 is 9.53 Å². The van der Waals surface area contributed by atoms with Crippen molar-refractivity contribution in [2.24, 2.45) is 23.7 Å². The first kappa shape index (κ1) is 16.8. The lowest BCUT2D eigenvalue weighted by Gasteiger charge is -2.61. The largest absolute Gasteiger partial charge is 0.497 e. The third kappa shape index (κ3) is 2.32. The van der Waals surface area contributed by atoms with Gasteiger partial charge in [-0.15, -0.1) is 0 Å². The molecule has 4 aliphatic rings. The maximum absolute atomic E-state index is 12.9. The summed E-state index contributed by atoms with van der Waals surface area (Å²) in [6, 6.07) is 7.24. The SMILES string of the molecule is COc1ccc2c(c1)C13CCN(CC4CC4)C(C2)[C@@H]1[C@@H](C)[C@H](C)C(=O)C3. The summed E-state index contributed by atoms with van der Waals surface area (Å²) in [5.41, 5.74) is 2.92. The number of carbonyl (C=O) groups is 1. The Kier molecular flexibility index (Phi) is 3.76. The van der Waals surface area contributed by atoms with Crippen LogP contribution < -0.4 is 4.74 Å². The molecule has 2 bridgehead atoms. The topological polar surface area (TPSA) is 29.5 Å². The lowest BCUT2D eigenvalue weighted by atomic mass is 9.47. The number of nitrogens with zero attached hydrogens (tertiary/aromatic N) is 1. The van der Waals surface area contributed by atoms with Crippen LogP contribution in [0.5, 0.6) is 5.75 Å². The molecule has 26 heavy (non-hydrogen) atoms. The monoisotopic (exact) mass is 353 g/mol. The number of fused-ring (bicyclic) bond motifs is 1. The van der Waals surface area contributed by atoms with E-state index in [0.717, 1.165) is 37.5 Å². The zero-order chi connectivity index (χ0) is 18.1. The van der Waals surface area contributed by atoms with E-state index in [1.54, 1.807) is 7.11 Å². The van der Waals surface area contributed by atoms with Crippen LogP contribution >= 0.6 is 0 Å². The third-order valence-corrected chi connectivity index (χ3v) is 8.19. The minimum Gasteiger partial charge on any atom is -0.497 e. The molecule has 3 fully saturated rings. The van der Waals surface area contributed by atoms with Gasteiger partial charge in [-0.25, -0.2) is 0 Å². The first-order valence-electron chi connectivity index (χ1n) is 10.5. The number of piperidine rings is 1. The lowest BCUT2D eigenvalue weighted by Crippen LogP contribution is -2.65. The molecule has 0 radical (unpaired) electrons. The normalized spacial score (nSPS) is 39.3. The molecule has 2 unspecified atom stereocenters. The highest BCUT2D eigenvalue weighted by Gasteiger charge is 2.59. The number of ether oxygens (including phenoxy) is 1. The molecule has 1 aromatic rings. The average Bonchev–Trinajstić information content (AvgIpc) is 3.46. The minimum atomic E-state index is 0.0376. The number of hydrogen-bond acceptors (Lipinski definition) is 3. The second kappa shape index (κ2) is 5.82. The molecule has 0 aromatic heterocycles. The number of rotatable bonds is 3. The van der Waals surface area contributed by atoms with Crippen LogP contribution in [0.1, 0.15) is 50.7 Å². The second-order valence-corrected chi connectivity index (χ2v) is 9.46. The maximum Gasteiger partial charge on any atom is 0.136 e. The fourth-order valence-corrected chi connectivity index (χ4v) is 6.48. The van der Waals surface area contributed by atoms with E-state index in [1.807, 2.05) is 0 Å². The summed E-state index contributed by atoms with van der Waals surface area (Å²) < 4.78 is 5.56. The molecule has 1 saturated heterocycles. The van der Waals surface area contributed by atoms with Crippen LogP contribution in [0.25, 0.3) is 0 Å². The number of Topliss-reactive ketones (excluding diaryl/α,β-unsaturated/α-hetero) is 1. The number of likely N-dealkylation sites (tertiary alicyclic amines) is 1. The molecule has 3 aliphatic carbocycles. The van der Waals surface area contributed by atoms with Gasteiger partial charge >= 0.3 is 0 Å². The highest BCUT2D eigenvalue weighted by molar-refractivity contribution is 5.84. The molecule has 3 nitrogen and oxygen atoms in total. The van der Waals surface area contributed by atoms with Crippen LogP contribution in [0.3, 0.4) is 0 Å². The molecule has 2 saturated carbocycles. The van der Waals surface area contributed by atoms with Crippen molar-refractivity contribution in [3.63, 3.8) is 0 Å². The molecule has 5 atom stereocenters. The summed E-state index contributed by atoms with van der Waals surface area (Å²) in [5, 5.41) is 0. The van der Waals surface area contributed by atoms with Crippen molar-refractivity contribution in [3.05, 3.63) is 29.3 Å². The Labute approximate surface area is 157 Å². The Hall–Kier alpha value is -1.35. The van der Waals surface area contributed by atoms with E-state index >= 15 is 0 Å². The predicted octanol–water partition coefficient (Wildman–Crippen LogP) is 3.83. The smallest absolute Gasteiger partial charge is 0.136 e. The molecule has 1 aliphatic heterocycles. The highest BCUT2D eigenvalue weighted by atomic mass is 16.5. The van der Waals surface area contributed by atoms with E-state index in [2.05, 4.69) is 36.9 Å². The Bertz CT molecular complexity index is 740. The van der Waals surface area contributed by atoms with Crippen LogP contribution in [-0.4, -0.2) is 36.9 Å². The van der Waals surface area contributed by atoms with E-state index in [9.17, 15) is 4.79 Å². The summed E-state index contributed by atoms with van der Waals surface area (Å²) in [5.74, 6) is 3.60. The zero-order valence-electron chi connectivity index (χ0n) is 16.3. The van der Waals surface area contributed by atoms with Crippen molar-refractivity contribution in [2.75, 3.05) is 20.2 Å². The lowest BCUT2D eigenvalue weighted by molar-refractivity contribution is -0.138. The second-order valence-electron chi connectivity index (χ2n) is 9.46. The fraction of sp³-hybridized carbons (Fsp3) is 0.696. The van der Waals surface area contributed by atoms with Crippen molar-refractivity contribution >= 4 is 5.78 Å². The Morgan fingerprint density at radius 3 is 2.81 bits per heavy atom. The van der Waals surface area contributed by atoms with Gasteiger partial charge in [0.25, 0.3) is 0 Å². The zero-order valence-corrected chi connectivity index (χ0v) is 16.3. The summed E-state index contributed by atoms with van der Waals surface area (Å²) in [6.45, 7) is 6.95. The first-order valence-corrected chi connectivity index (χ1v) is 10.5. The van der Waals surface area contributed by atoms with Crippen molar-refractivity contribution in [2.45, 2.75) is 57.4 Å². The van der Waals surface area contributed by atoms with Gasteiger partial charge in [-0.1, -0.05) is 19.9 Å². The Morgan fingerprint density at radius 2 is 2.08 bits per heavy atom. The summed E-state index contributed by atoms with van der Waals surface area (Å²) in [6.07, 6.45) is 5.83. The molecule has 0 amide bonds. The third-order valence-electron chi connectivity index (χ3n) is 8.19. The molecular formula is C23H31NO2. The van der Waals surface area contributed by atoms with Crippen molar-refractivity contribution in [3.8, 4) is 5.75 Å². The molecular weight excluding hydrogens is 322 g/mol. The van der Waals surface area contributed by atoms with E-state index < -0.39 is 0 Å². The predicted molar refractivity (Wildman–Crippen MR) is 103 cm³/mol. The van der Waals surface area contributed by atoms with Gasteiger partial charge < -0.3 is 4.74 Å². The summed E-state index contributed by atoms with van der Waals surface area (Å²) in [4.78, 5) is 15.7. The molecule has 1 heterocycles. The molecule has 3 heteroatoms. The van der Waals surface area contributed by atoms with Crippen LogP contribution in [0.4, 0.5) is 0 Å². The van der Waals surface area contributed by atoms with Crippen LogP contribution in [-0.2, 0) is 16.6 Å². The number of benzene rings is 1. The number of carbonyl (C=O) groups excluding carboxylic acids is 1. The molecule has 140 valence electrons. The van der Waals surface area contributed by atoms with Gasteiger partial charge in [-0.2, -0.15) is 0 Å². The van der Waals surface area contributed by atoms with E-state index in [1.165, 1.54) is 30.5 Å². The average molecular weight is 354 g/mol. The van der Waals surface area contributed by atoms with Crippen LogP contribution in [0, 0.1) is 23.7 Å². The molecule has 0 spiro atoms. The number of methoxy groups -OCH3 is 1. The Balaban J connectivity index is 1.63. The van der Waals surface area contributed by atoms with Gasteiger partial charge in [0.05, 0.1) is 7.11 Å². The molecule has 0 N–H and O–H groups in total. The van der Waals surface area contributed by atoms with Crippen LogP contribution in [0.15, 0.2) is 18.2 Å². The Morgan fingerprint density at radius 1 is 1.27 bits per heavy atom. The van der Waals surface area contributed by atoms with Gasteiger partial charge in [0, 0.05) is 30.3 Å². The minimum absolute atomic E-state index is 0.0376. The van der Waals surface area contributed by atoms with E-state index in [-0.39, 0.29) is 11.3 Å². The molecule has 1 aromatic carbocycles. The van der Waals surface area contributed by atoms with Gasteiger partial charge in [0.1, 0.15) is 11.5 Å². The summed E-state index contributed by atoms with van der Waals surface area (Å²) in [7, 11) is 1.75. The van der Waals surface area contributed by atoms with E-state index in [0.29, 0.717) is 23.7 Å². The van der Waals surface area contributed by atoms with Crippen LogP contribution in [0.2, 0.25) is 0 Å². The maximum atomic E-state index is 12.9. The van der Waals surface area contributed by atoms with Gasteiger partial charge in [0.15, 0.2) is 0 Å².